The fourth-order valence-corrected chi connectivity index (χ4v) is 3.63. The molecule has 0 saturated heterocycles. The van der Waals surface area contributed by atoms with E-state index in [4.69, 9.17) is 11.6 Å². The zero-order valence-corrected chi connectivity index (χ0v) is 17.2. The first-order valence-corrected chi connectivity index (χ1v) is 9.95. The molecule has 1 heterocycles. The molecule has 3 aromatic carbocycles. The Morgan fingerprint density at radius 2 is 1.66 bits per heavy atom. The Balaban J connectivity index is 1.67. The van der Waals surface area contributed by atoms with Crippen LogP contribution in [0.15, 0.2) is 78.9 Å². The molecule has 0 spiro atoms. The van der Waals surface area contributed by atoms with Crippen molar-refractivity contribution in [1.29, 1.82) is 0 Å². The van der Waals surface area contributed by atoms with Gasteiger partial charge in [0.15, 0.2) is 0 Å². The Bertz CT molecular complexity index is 1200. The van der Waals surface area contributed by atoms with Crippen LogP contribution in [0.4, 0.5) is 0 Å². The van der Waals surface area contributed by atoms with E-state index in [1.54, 1.807) is 0 Å². The molecule has 2 nitrogen and oxygen atoms in total. The van der Waals surface area contributed by atoms with Gasteiger partial charge < -0.3 is 5.11 Å². The van der Waals surface area contributed by atoms with E-state index in [0.29, 0.717) is 5.02 Å². The van der Waals surface area contributed by atoms with Gasteiger partial charge in [0.05, 0.1) is 16.8 Å². The highest BCUT2D eigenvalue weighted by Crippen LogP contribution is 2.32. The lowest BCUT2D eigenvalue weighted by molar-refractivity contribution is 0.0792. The second-order valence-corrected chi connectivity index (χ2v) is 8.07. The van der Waals surface area contributed by atoms with Crippen molar-refractivity contribution < 1.29 is 5.11 Å². The lowest BCUT2D eigenvalue weighted by Crippen LogP contribution is -2.16. The number of halogens is 1. The van der Waals surface area contributed by atoms with Gasteiger partial charge in [-0.15, -0.1) is 0 Å². The molecule has 0 bridgehead atoms. The Hall–Kier alpha value is -2.94. The van der Waals surface area contributed by atoms with Gasteiger partial charge in [0.25, 0.3) is 0 Å². The third-order valence-electron chi connectivity index (χ3n) is 4.91. The molecule has 0 radical (unpaired) electrons. The molecular formula is C26H22ClNO. The van der Waals surface area contributed by atoms with Crippen LogP contribution in [0.25, 0.3) is 34.2 Å². The summed E-state index contributed by atoms with van der Waals surface area (Å²) in [6.07, 6.45) is 4.05. The van der Waals surface area contributed by atoms with Crippen molar-refractivity contribution in [3.05, 3.63) is 101 Å². The minimum atomic E-state index is -0.904. The van der Waals surface area contributed by atoms with Crippen LogP contribution in [0.3, 0.4) is 0 Å². The number of rotatable bonds is 4. The molecule has 0 atom stereocenters. The molecule has 4 aromatic rings. The number of aliphatic hydroxyl groups is 1. The molecule has 0 unspecified atom stereocenters. The molecule has 1 N–H and O–H groups in total. The molecular weight excluding hydrogens is 378 g/mol. The van der Waals surface area contributed by atoms with Crippen LogP contribution in [0.2, 0.25) is 5.02 Å². The highest BCUT2D eigenvalue weighted by molar-refractivity contribution is 6.31. The average molecular weight is 400 g/mol. The maximum absolute atomic E-state index is 10.5. The number of pyridine rings is 1. The molecule has 0 saturated carbocycles. The van der Waals surface area contributed by atoms with Crippen molar-refractivity contribution in [2.24, 2.45) is 0 Å². The van der Waals surface area contributed by atoms with Crippen molar-refractivity contribution in [3.8, 4) is 11.1 Å². The molecule has 0 aliphatic rings. The Morgan fingerprint density at radius 3 is 2.48 bits per heavy atom. The van der Waals surface area contributed by atoms with E-state index < -0.39 is 5.60 Å². The predicted octanol–water partition coefficient (Wildman–Crippen LogP) is 6.95. The van der Waals surface area contributed by atoms with Gasteiger partial charge in [-0.3, -0.25) is 0 Å². The first-order chi connectivity index (χ1) is 13.9. The summed E-state index contributed by atoms with van der Waals surface area (Å²) < 4.78 is 0. The van der Waals surface area contributed by atoms with E-state index in [2.05, 4.69) is 29.3 Å². The minimum absolute atomic E-state index is 0.685. The maximum Gasteiger partial charge on any atom is 0.0846 e. The summed E-state index contributed by atoms with van der Waals surface area (Å²) in [6.45, 7) is 3.63. The van der Waals surface area contributed by atoms with Crippen molar-refractivity contribution in [2.75, 3.05) is 0 Å². The number of hydrogen-bond donors (Lipinski definition) is 1. The highest BCUT2D eigenvalue weighted by Gasteiger charge is 2.20. The third-order valence-corrected chi connectivity index (χ3v) is 5.14. The van der Waals surface area contributed by atoms with E-state index >= 15 is 0 Å². The van der Waals surface area contributed by atoms with E-state index in [9.17, 15) is 5.11 Å². The number of hydrogen-bond acceptors (Lipinski definition) is 2. The van der Waals surface area contributed by atoms with Gasteiger partial charge in [-0.1, -0.05) is 72.3 Å². The van der Waals surface area contributed by atoms with Crippen LogP contribution >= 0.6 is 11.6 Å². The van der Waals surface area contributed by atoms with Crippen molar-refractivity contribution in [3.63, 3.8) is 0 Å². The quantitative estimate of drug-likeness (QED) is 0.402. The zero-order valence-electron chi connectivity index (χ0n) is 16.4. The molecule has 0 amide bonds. The van der Waals surface area contributed by atoms with Gasteiger partial charge >= 0.3 is 0 Å². The van der Waals surface area contributed by atoms with E-state index in [0.717, 1.165) is 38.9 Å². The summed E-state index contributed by atoms with van der Waals surface area (Å²) in [6, 6.07) is 26.0. The third kappa shape index (κ3) is 4.40. The van der Waals surface area contributed by atoms with E-state index in [1.807, 2.05) is 80.6 Å². The van der Waals surface area contributed by atoms with Gasteiger partial charge in [-0.25, -0.2) is 4.98 Å². The molecule has 1 aromatic heterocycles. The van der Waals surface area contributed by atoms with Crippen LogP contribution in [-0.4, -0.2) is 10.1 Å². The Morgan fingerprint density at radius 1 is 0.862 bits per heavy atom. The highest BCUT2D eigenvalue weighted by atomic mass is 35.5. The zero-order chi connectivity index (χ0) is 20.4. The summed E-state index contributed by atoms with van der Waals surface area (Å²) in [5.74, 6) is 0. The molecule has 144 valence electrons. The molecule has 0 aliphatic heterocycles. The fraction of sp³-hybridized carbons (Fsp3) is 0.115. The summed E-state index contributed by atoms with van der Waals surface area (Å²) in [7, 11) is 0. The van der Waals surface area contributed by atoms with Gasteiger partial charge in [-0.05, 0) is 66.4 Å². The van der Waals surface area contributed by atoms with Gasteiger partial charge in [-0.2, -0.15) is 0 Å². The largest absolute Gasteiger partial charge is 0.386 e. The lowest BCUT2D eigenvalue weighted by Gasteiger charge is -2.22. The number of aromatic nitrogens is 1. The normalized spacial score (nSPS) is 12.0. The standard InChI is InChI=1S/C26H22ClNO/c1-26(2,29)24-9-4-3-8-23(24)20-7-5-6-18(16-20)10-14-22-15-12-19-11-13-21(27)17-25(19)28-22/h3-17,29H,1-2H3. The fourth-order valence-electron chi connectivity index (χ4n) is 3.46. The molecule has 3 heteroatoms. The summed E-state index contributed by atoms with van der Waals surface area (Å²) in [5, 5.41) is 12.3. The van der Waals surface area contributed by atoms with Crippen molar-refractivity contribution in [2.45, 2.75) is 19.4 Å². The summed E-state index contributed by atoms with van der Waals surface area (Å²) >= 11 is 6.09. The van der Waals surface area contributed by atoms with Gasteiger partial charge in [0.2, 0.25) is 0 Å². The van der Waals surface area contributed by atoms with Crippen molar-refractivity contribution in [1.82, 2.24) is 4.98 Å². The van der Waals surface area contributed by atoms with Crippen LogP contribution < -0.4 is 0 Å². The second kappa shape index (κ2) is 7.82. The second-order valence-electron chi connectivity index (χ2n) is 7.64. The molecule has 0 aliphatic carbocycles. The van der Waals surface area contributed by atoms with Crippen LogP contribution in [0.1, 0.15) is 30.7 Å². The van der Waals surface area contributed by atoms with E-state index in [1.165, 1.54) is 0 Å². The Labute approximate surface area is 176 Å². The van der Waals surface area contributed by atoms with Crippen LogP contribution in [0.5, 0.6) is 0 Å². The first-order valence-electron chi connectivity index (χ1n) is 9.57. The number of benzene rings is 3. The van der Waals surface area contributed by atoms with Gasteiger partial charge in [0, 0.05) is 10.4 Å². The summed E-state index contributed by atoms with van der Waals surface area (Å²) in [4.78, 5) is 4.67. The maximum atomic E-state index is 10.5. The first kappa shape index (κ1) is 19.4. The SMILES string of the molecule is CC(C)(O)c1ccccc1-c1cccc(C=Cc2ccc3ccc(Cl)cc3n2)c1. The topological polar surface area (TPSA) is 33.1 Å². The monoisotopic (exact) mass is 399 g/mol. The average Bonchev–Trinajstić information content (AvgIpc) is 2.71. The predicted molar refractivity (Wildman–Crippen MR) is 123 cm³/mol. The summed E-state index contributed by atoms with van der Waals surface area (Å²) in [5.41, 5.74) is 4.94. The molecule has 4 rings (SSSR count). The molecule has 29 heavy (non-hydrogen) atoms. The minimum Gasteiger partial charge on any atom is -0.386 e. The number of fused-ring (bicyclic) bond motifs is 1. The Kier molecular flexibility index (Phi) is 5.23. The number of nitrogens with zero attached hydrogens (tertiary/aromatic N) is 1. The molecule has 0 fully saturated rings. The van der Waals surface area contributed by atoms with Crippen molar-refractivity contribution >= 4 is 34.7 Å². The van der Waals surface area contributed by atoms with Crippen LogP contribution in [0, 0.1) is 0 Å². The lowest BCUT2D eigenvalue weighted by atomic mass is 9.89. The van der Waals surface area contributed by atoms with E-state index in [-0.39, 0.29) is 0 Å². The van der Waals surface area contributed by atoms with Gasteiger partial charge in [0.1, 0.15) is 0 Å². The van der Waals surface area contributed by atoms with Crippen LogP contribution in [-0.2, 0) is 5.60 Å². The smallest absolute Gasteiger partial charge is 0.0846 e.